The molecule has 1 aromatic carbocycles. The van der Waals surface area contributed by atoms with Crippen LogP contribution < -0.4 is 11.1 Å². The van der Waals surface area contributed by atoms with Crippen molar-refractivity contribution in [3.05, 3.63) is 28.2 Å². The summed E-state index contributed by atoms with van der Waals surface area (Å²) in [5.41, 5.74) is 7.78. The van der Waals surface area contributed by atoms with E-state index in [1.165, 1.54) is 0 Å². The maximum Gasteiger partial charge on any atom is 0.224 e. The first-order valence-corrected chi connectivity index (χ1v) is 7.73. The van der Waals surface area contributed by atoms with Crippen LogP contribution >= 0.6 is 28.3 Å². The van der Waals surface area contributed by atoms with Crippen molar-refractivity contribution in [3.8, 4) is 0 Å². The molecule has 1 saturated carbocycles. The van der Waals surface area contributed by atoms with Gasteiger partial charge in [0.25, 0.3) is 0 Å². The molecule has 6 heteroatoms. The van der Waals surface area contributed by atoms with Gasteiger partial charge >= 0.3 is 0 Å². The fourth-order valence-corrected chi connectivity index (χ4v) is 3.21. The third kappa shape index (κ3) is 4.95. The molecule has 2 atom stereocenters. The molecule has 0 heterocycles. The quantitative estimate of drug-likeness (QED) is 0.826. The van der Waals surface area contributed by atoms with E-state index in [2.05, 4.69) is 21.2 Å². The summed E-state index contributed by atoms with van der Waals surface area (Å²) in [6, 6.07) is 5.91. The van der Waals surface area contributed by atoms with Crippen molar-refractivity contribution in [1.29, 1.82) is 0 Å². The van der Waals surface area contributed by atoms with Crippen molar-refractivity contribution in [1.82, 2.24) is 0 Å². The van der Waals surface area contributed by atoms with E-state index in [1.807, 2.05) is 18.2 Å². The highest BCUT2D eigenvalue weighted by Crippen LogP contribution is 2.29. The number of ether oxygens (including phenoxy) is 1. The zero-order valence-electron chi connectivity index (χ0n) is 12.1. The van der Waals surface area contributed by atoms with Gasteiger partial charge in [-0.2, -0.15) is 0 Å². The number of anilines is 1. The van der Waals surface area contributed by atoms with E-state index in [0.717, 1.165) is 35.0 Å². The van der Waals surface area contributed by atoms with Gasteiger partial charge in [0.1, 0.15) is 0 Å². The van der Waals surface area contributed by atoms with Crippen LogP contribution in [-0.4, -0.2) is 19.1 Å². The van der Waals surface area contributed by atoms with E-state index in [4.69, 9.17) is 10.5 Å². The van der Waals surface area contributed by atoms with Crippen LogP contribution in [0.4, 0.5) is 5.69 Å². The third-order valence-electron chi connectivity index (χ3n) is 3.85. The van der Waals surface area contributed by atoms with Gasteiger partial charge in [-0.1, -0.05) is 28.4 Å². The third-order valence-corrected chi connectivity index (χ3v) is 4.59. The molecule has 0 radical (unpaired) electrons. The van der Waals surface area contributed by atoms with E-state index < -0.39 is 0 Å². The lowest BCUT2D eigenvalue weighted by molar-refractivity contribution is -0.117. The first kappa shape index (κ1) is 18.4. The highest BCUT2D eigenvalue weighted by Gasteiger charge is 2.26. The second kappa shape index (κ2) is 8.73. The largest absolute Gasteiger partial charge is 0.380 e. The number of nitrogens with two attached hydrogens (primary N) is 1. The molecular formula is C15H22BrClN2O2. The Hall–Kier alpha value is -0.620. The molecule has 2 rings (SSSR count). The first-order valence-electron chi connectivity index (χ1n) is 6.93. The number of benzene rings is 1. The zero-order chi connectivity index (χ0) is 14.5. The van der Waals surface area contributed by atoms with Gasteiger partial charge in [-0.15, -0.1) is 12.4 Å². The molecule has 0 unspecified atom stereocenters. The van der Waals surface area contributed by atoms with Crippen molar-refractivity contribution >= 4 is 39.9 Å². The van der Waals surface area contributed by atoms with Crippen LogP contribution in [0.25, 0.3) is 0 Å². The summed E-state index contributed by atoms with van der Waals surface area (Å²) in [5.74, 6) is 0.343. The summed E-state index contributed by atoms with van der Waals surface area (Å²) >= 11 is 3.48. The van der Waals surface area contributed by atoms with Crippen molar-refractivity contribution in [2.24, 2.45) is 11.7 Å². The van der Waals surface area contributed by atoms with Gasteiger partial charge in [0.05, 0.1) is 6.61 Å². The lowest BCUT2D eigenvalue weighted by atomic mass is 10.00. The number of hydrogen-bond donors (Lipinski definition) is 2. The van der Waals surface area contributed by atoms with Crippen LogP contribution in [0, 0.1) is 5.92 Å². The topological polar surface area (TPSA) is 64.3 Å². The predicted molar refractivity (Wildman–Crippen MR) is 90.7 cm³/mol. The molecule has 0 saturated heterocycles. The zero-order valence-corrected chi connectivity index (χ0v) is 14.5. The van der Waals surface area contributed by atoms with Gasteiger partial charge in [0.2, 0.25) is 5.91 Å². The molecule has 4 nitrogen and oxygen atoms in total. The minimum Gasteiger partial charge on any atom is -0.380 e. The number of amides is 1. The van der Waals surface area contributed by atoms with Crippen LogP contribution in [0.2, 0.25) is 0 Å². The molecule has 0 spiro atoms. The number of hydrogen-bond acceptors (Lipinski definition) is 3. The summed E-state index contributed by atoms with van der Waals surface area (Å²) < 4.78 is 6.12. The first-order chi connectivity index (χ1) is 9.61. The number of rotatable bonds is 5. The molecule has 1 fully saturated rings. The molecule has 1 aliphatic rings. The Morgan fingerprint density at radius 1 is 1.48 bits per heavy atom. The molecule has 0 aromatic heterocycles. The standard InChI is InChI=1S/C15H21BrN2O2.ClH/c1-20-9-11-12(16)5-3-7-14(11)18-15(19)8-10-4-2-6-13(10)17;/h3,5,7,10,13H,2,4,6,8-9,17H2,1H3,(H,18,19);1H/t10-,13+;/m0./s1. The number of halogens is 2. The van der Waals surface area contributed by atoms with Crippen LogP contribution in [0.3, 0.4) is 0 Å². The van der Waals surface area contributed by atoms with Gasteiger partial charge in [-0.25, -0.2) is 0 Å². The minimum absolute atomic E-state index is 0. The number of carbonyl (C=O) groups excluding carboxylic acids is 1. The predicted octanol–water partition coefficient (Wildman–Crippen LogP) is 3.47. The molecule has 118 valence electrons. The van der Waals surface area contributed by atoms with Crippen LogP contribution in [0.1, 0.15) is 31.2 Å². The Morgan fingerprint density at radius 3 is 2.86 bits per heavy atom. The molecule has 0 bridgehead atoms. The van der Waals surface area contributed by atoms with Gasteiger partial charge in [0, 0.05) is 35.3 Å². The Balaban J connectivity index is 0.00000220. The monoisotopic (exact) mass is 376 g/mol. The average Bonchev–Trinajstić information content (AvgIpc) is 2.79. The summed E-state index contributed by atoms with van der Waals surface area (Å²) in [6.07, 6.45) is 3.72. The van der Waals surface area contributed by atoms with Gasteiger partial charge in [-0.3, -0.25) is 4.79 Å². The highest BCUT2D eigenvalue weighted by atomic mass is 79.9. The normalized spacial score (nSPS) is 20.9. The SMILES string of the molecule is COCc1c(Br)cccc1NC(=O)C[C@@H]1CCC[C@H]1N.Cl. The van der Waals surface area contributed by atoms with Crippen molar-refractivity contribution in [2.75, 3.05) is 12.4 Å². The van der Waals surface area contributed by atoms with E-state index >= 15 is 0 Å². The minimum atomic E-state index is 0. The fraction of sp³-hybridized carbons (Fsp3) is 0.533. The lowest BCUT2D eigenvalue weighted by Gasteiger charge is -2.16. The van der Waals surface area contributed by atoms with Gasteiger partial charge in [0.15, 0.2) is 0 Å². The lowest BCUT2D eigenvalue weighted by Crippen LogP contribution is -2.28. The summed E-state index contributed by atoms with van der Waals surface area (Å²) in [4.78, 5) is 12.2. The van der Waals surface area contributed by atoms with Crippen LogP contribution in [-0.2, 0) is 16.1 Å². The maximum absolute atomic E-state index is 12.2. The summed E-state index contributed by atoms with van der Waals surface area (Å²) in [6.45, 7) is 0.458. The van der Waals surface area contributed by atoms with Crippen molar-refractivity contribution in [2.45, 2.75) is 38.3 Å². The summed E-state index contributed by atoms with van der Waals surface area (Å²) in [7, 11) is 1.64. The fourth-order valence-electron chi connectivity index (χ4n) is 2.73. The smallest absolute Gasteiger partial charge is 0.224 e. The van der Waals surface area contributed by atoms with Crippen molar-refractivity contribution in [3.63, 3.8) is 0 Å². The van der Waals surface area contributed by atoms with E-state index in [1.54, 1.807) is 7.11 Å². The van der Waals surface area contributed by atoms with E-state index in [0.29, 0.717) is 18.9 Å². The Labute approximate surface area is 140 Å². The molecule has 21 heavy (non-hydrogen) atoms. The van der Waals surface area contributed by atoms with E-state index in [-0.39, 0.29) is 24.4 Å². The number of methoxy groups -OCH3 is 1. The molecule has 3 N–H and O–H groups in total. The molecule has 1 aliphatic carbocycles. The average molecular weight is 378 g/mol. The second-order valence-electron chi connectivity index (χ2n) is 5.31. The molecule has 1 aromatic rings. The molecule has 1 amide bonds. The Kier molecular flexibility index (Phi) is 7.66. The summed E-state index contributed by atoms with van der Waals surface area (Å²) in [5, 5.41) is 2.98. The van der Waals surface area contributed by atoms with Gasteiger partial charge in [-0.05, 0) is 30.9 Å². The second-order valence-corrected chi connectivity index (χ2v) is 6.16. The van der Waals surface area contributed by atoms with Crippen LogP contribution in [0.5, 0.6) is 0 Å². The molecular weight excluding hydrogens is 356 g/mol. The number of nitrogens with one attached hydrogen (secondary N) is 1. The van der Waals surface area contributed by atoms with Gasteiger partial charge < -0.3 is 15.8 Å². The highest BCUT2D eigenvalue weighted by molar-refractivity contribution is 9.10. The van der Waals surface area contributed by atoms with Crippen molar-refractivity contribution < 1.29 is 9.53 Å². The Bertz CT molecular complexity index is 485. The van der Waals surface area contributed by atoms with Crippen LogP contribution in [0.15, 0.2) is 22.7 Å². The van der Waals surface area contributed by atoms with E-state index in [9.17, 15) is 4.79 Å². The Morgan fingerprint density at radius 2 is 2.24 bits per heavy atom. The molecule has 0 aliphatic heterocycles. The maximum atomic E-state index is 12.2. The number of carbonyl (C=O) groups is 1.